The van der Waals surface area contributed by atoms with Crippen LogP contribution in [0, 0.1) is 12.7 Å². The van der Waals surface area contributed by atoms with Crippen LogP contribution in [-0.4, -0.2) is 4.98 Å². The number of nitrogens with zero attached hydrogens (tertiary/aromatic N) is 1. The normalized spacial score (nSPS) is 10.8. The molecule has 4 aromatic rings. The van der Waals surface area contributed by atoms with E-state index < -0.39 is 0 Å². The number of ether oxygens (including phenoxy) is 1. The van der Waals surface area contributed by atoms with Crippen LogP contribution in [0.1, 0.15) is 17.0 Å². The summed E-state index contributed by atoms with van der Waals surface area (Å²) in [6.45, 7) is 1.91. The van der Waals surface area contributed by atoms with Crippen molar-refractivity contribution in [2.24, 2.45) is 0 Å². The predicted molar refractivity (Wildman–Crippen MR) is 107 cm³/mol. The summed E-state index contributed by atoms with van der Waals surface area (Å²) in [4.78, 5) is 4.63. The van der Waals surface area contributed by atoms with E-state index in [1.165, 1.54) is 12.1 Å². The Morgan fingerprint density at radius 3 is 2.14 bits per heavy atom. The molecule has 0 saturated carbocycles. The van der Waals surface area contributed by atoms with E-state index in [9.17, 15) is 4.39 Å². The molecule has 0 saturated heterocycles. The molecule has 0 bridgehead atoms. The second-order valence-corrected chi connectivity index (χ2v) is 6.84. The monoisotopic (exact) mass is 393 g/mol. The van der Waals surface area contributed by atoms with Crippen molar-refractivity contribution in [1.29, 1.82) is 0 Å². The Balaban J connectivity index is 1.47. The third kappa shape index (κ3) is 4.24. The van der Waals surface area contributed by atoms with Gasteiger partial charge in [-0.15, -0.1) is 0 Å². The molecule has 0 aliphatic heterocycles. The highest BCUT2D eigenvalue weighted by atomic mass is 35.5. The second kappa shape index (κ2) is 7.87. The molecule has 3 nitrogen and oxygen atoms in total. The van der Waals surface area contributed by atoms with Gasteiger partial charge >= 0.3 is 0 Å². The Morgan fingerprint density at radius 1 is 0.893 bits per heavy atom. The number of halogens is 2. The van der Waals surface area contributed by atoms with Gasteiger partial charge in [-0.3, -0.25) is 0 Å². The third-order valence-electron chi connectivity index (χ3n) is 4.33. The largest absolute Gasteiger partial charge is 0.457 e. The standard InChI is InChI=1S/C23H17ClFNO2/c1-15-22(26-23(27-15)17-4-6-18(24)7-5-17)14-16-2-10-20(11-3-16)28-21-12-8-19(25)9-13-21/h2-13H,14H2,1H3. The van der Waals surface area contributed by atoms with E-state index in [0.29, 0.717) is 28.8 Å². The van der Waals surface area contributed by atoms with E-state index in [-0.39, 0.29) is 5.82 Å². The molecule has 0 atom stereocenters. The van der Waals surface area contributed by atoms with Gasteiger partial charge in [0.1, 0.15) is 23.1 Å². The lowest BCUT2D eigenvalue weighted by molar-refractivity contribution is 0.480. The summed E-state index contributed by atoms with van der Waals surface area (Å²) >= 11 is 5.94. The lowest BCUT2D eigenvalue weighted by Crippen LogP contribution is -1.92. The molecule has 0 amide bonds. The van der Waals surface area contributed by atoms with Gasteiger partial charge in [0.05, 0.1) is 5.69 Å². The zero-order valence-corrected chi connectivity index (χ0v) is 15.9. The molecule has 28 heavy (non-hydrogen) atoms. The average molecular weight is 394 g/mol. The van der Waals surface area contributed by atoms with Gasteiger partial charge < -0.3 is 9.15 Å². The molecule has 0 fully saturated rings. The van der Waals surface area contributed by atoms with Crippen LogP contribution in [0.5, 0.6) is 11.5 Å². The summed E-state index contributed by atoms with van der Waals surface area (Å²) in [5.41, 5.74) is 2.87. The van der Waals surface area contributed by atoms with Crippen LogP contribution < -0.4 is 4.74 Å². The van der Waals surface area contributed by atoms with Gasteiger partial charge in [0.25, 0.3) is 0 Å². The number of oxazole rings is 1. The van der Waals surface area contributed by atoms with Gasteiger partial charge in [-0.25, -0.2) is 9.37 Å². The summed E-state index contributed by atoms with van der Waals surface area (Å²) in [5, 5.41) is 0.676. The van der Waals surface area contributed by atoms with Gasteiger partial charge in [-0.2, -0.15) is 0 Å². The summed E-state index contributed by atoms with van der Waals surface area (Å²) in [6, 6.07) is 21.1. The fourth-order valence-electron chi connectivity index (χ4n) is 2.82. The third-order valence-corrected chi connectivity index (χ3v) is 4.58. The molecular weight excluding hydrogens is 377 g/mol. The topological polar surface area (TPSA) is 35.3 Å². The van der Waals surface area contributed by atoms with Gasteiger partial charge in [0, 0.05) is 17.0 Å². The lowest BCUT2D eigenvalue weighted by Gasteiger charge is -2.06. The van der Waals surface area contributed by atoms with Crippen LogP contribution in [0.4, 0.5) is 4.39 Å². The molecule has 1 aromatic heterocycles. The van der Waals surface area contributed by atoms with Crippen molar-refractivity contribution in [3.05, 3.63) is 101 Å². The van der Waals surface area contributed by atoms with Crippen molar-refractivity contribution in [3.8, 4) is 23.0 Å². The minimum absolute atomic E-state index is 0.288. The number of rotatable bonds is 5. The number of aromatic nitrogens is 1. The Hall–Kier alpha value is -3.11. The molecule has 0 spiro atoms. The van der Waals surface area contributed by atoms with E-state index in [1.807, 2.05) is 55.5 Å². The van der Waals surface area contributed by atoms with E-state index in [4.69, 9.17) is 20.8 Å². The Bertz CT molecular complexity index is 1070. The zero-order valence-electron chi connectivity index (χ0n) is 15.2. The quantitative estimate of drug-likeness (QED) is 0.373. The van der Waals surface area contributed by atoms with Gasteiger partial charge in [0.15, 0.2) is 0 Å². The fraction of sp³-hybridized carbons (Fsp3) is 0.0870. The summed E-state index contributed by atoms with van der Waals surface area (Å²) < 4.78 is 24.5. The minimum Gasteiger partial charge on any atom is -0.457 e. The Morgan fingerprint density at radius 2 is 1.50 bits per heavy atom. The second-order valence-electron chi connectivity index (χ2n) is 6.41. The molecule has 0 aliphatic carbocycles. The van der Waals surface area contributed by atoms with E-state index in [0.717, 1.165) is 22.6 Å². The van der Waals surface area contributed by atoms with Crippen molar-refractivity contribution in [1.82, 2.24) is 4.98 Å². The fourth-order valence-corrected chi connectivity index (χ4v) is 2.94. The van der Waals surface area contributed by atoms with E-state index in [2.05, 4.69) is 4.98 Å². The van der Waals surface area contributed by atoms with Gasteiger partial charge in [-0.05, 0) is 73.2 Å². The molecule has 140 valence electrons. The summed E-state index contributed by atoms with van der Waals surface area (Å²) in [5.74, 6) is 2.36. The van der Waals surface area contributed by atoms with Crippen molar-refractivity contribution >= 4 is 11.6 Å². The predicted octanol–water partition coefficient (Wildman–Crippen LogP) is 6.83. The van der Waals surface area contributed by atoms with Crippen LogP contribution in [-0.2, 0) is 6.42 Å². The first-order valence-corrected chi connectivity index (χ1v) is 9.19. The van der Waals surface area contributed by atoms with E-state index in [1.54, 1.807) is 12.1 Å². The Labute approximate surface area is 167 Å². The maximum Gasteiger partial charge on any atom is 0.226 e. The summed E-state index contributed by atoms with van der Waals surface area (Å²) in [6.07, 6.45) is 0.653. The molecule has 5 heteroatoms. The smallest absolute Gasteiger partial charge is 0.226 e. The van der Waals surface area contributed by atoms with Gasteiger partial charge in [-0.1, -0.05) is 23.7 Å². The molecule has 0 N–H and O–H groups in total. The number of hydrogen-bond donors (Lipinski definition) is 0. The van der Waals surface area contributed by atoms with Gasteiger partial charge in [0.2, 0.25) is 5.89 Å². The average Bonchev–Trinajstić information content (AvgIpc) is 3.06. The SMILES string of the molecule is Cc1oc(-c2ccc(Cl)cc2)nc1Cc1ccc(Oc2ccc(F)cc2)cc1. The van der Waals surface area contributed by atoms with E-state index >= 15 is 0 Å². The maximum absolute atomic E-state index is 13.0. The van der Waals surface area contributed by atoms with Crippen molar-refractivity contribution in [2.45, 2.75) is 13.3 Å². The van der Waals surface area contributed by atoms with Crippen molar-refractivity contribution < 1.29 is 13.5 Å². The van der Waals surface area contributed by atoms with Crippen molar-refractivity contribution in [2.75, 3.05) is 0 Å². The first-order chi connectivity index (χ1) is 13.6. The maximum atomic E-state index is 13.0. The molecule has 4 rings (SSSR count). The first kappa shape index (κ1) is 18.3. The van der Waals surface area contributed by atoms with Crippen LogP contribution >= 0.6 is 11.6 Å². The number of hydrogen-bond acceptors (Lipinski definition) is 3. The highest BCUT2D eigenvalue weighted by molar-refractivity contribution is 6.30. The minimum atomic E-state index is -0.288. The summed E-state index contributed by atoms with van der Waals surface area (Å²) in [7, 11) is 0. The molecule has 0 aliphatic rings. The lowest BCUT2D eigenvalue weighted by atomic mass is 10.1. The van der Waals surface area contributed by atoms with Crippen LogP contribution in [0.25, 0.3) is 11.5 Å². The molecule has 3 aromatic carbocycles. The van der Waals surface area contributed by atoms with Crippen LogP contribution in [0.15, 0.2) is 77.2 Å². The number of aryl methyl sites for hydroxylation is 1. The zero-order chi connectivity index (χ0) is 19.5. The highest BCUT2D eigenvalue weighted by Gasteiger charge is 2.12. The first-order valence-electron chi connectivity index (χ1n) is 8.81. The van der Waals surface area contributed by atoms with Crippen LogP contribution in [0.2, 0.25) is 5.02 Å². The molecular formula is C23H17ClFNO2. The molecule has 0 radical (unpaired) electrons. The van der Waals surface area contributed by atoms with Crippen LogP contribution in [0.3, 0.4) is 0 Å². The van der Waals surface area contributed by atoms with Crippen molar-refractivity contribution in [3.63, 3.8) is 0 Å². The highest BCUT2D eigenvalue weighted by Crippen LogP contribution is 2.26. The number of benzene rings is 3. The Kier molecular flexibility index (Phi) is 5.13. The molecule has 0 unspecified atom stereocenters. The molecule has 1 heterocycles.